The Kier molecular flexibility index (Phi) is 5.04. The summed E-state index contributed by atoms with van der Waals surface area (Å²) in [7, 11) is 0. The minimum absolute atomic E-state index is 0.192. The molecular formula is C16H16O2S. The van der Waals surface area contributed by atoms with Crippen molar-refractivity contribution in [1.29, 1.82) is 0 Å². The van der Waals surface area contributed by atoms with Crippen LogP contribution in [0.1, 0.15) is 13.3 Å². The van der Waals surface area contributed by atoms with E-state index in [9.17, 15) is 4.79 Å². The van der Waals surface area contributed by atoms with Crippen LogP contribution in [0, 0.1) is 0 Å². The molecule has 0 bridgehead atoms. The topological polar surface area (TPSA) is 26.3 Å². The van der Waals surface area contributed by atoms with Gasteiger partial charge in [0.2, 0.25) is 0 Å². The quantitative estimate of drug-likeness (QED) is 0.464. The molecule has 98 valence electrons. The lowest BCUT2D eigenvalue weighted by Gasteiger charge is -2.10. The van der Waals surface area contributed by atoms with Crippen molar-refractivity contribution in [3.63, 3.8) is 0 Å². The smallest absolute Gasteiger partial charge is 0.312 e. The molecule has 1 unspecified atom stereocenters. The summed E-state index contributed by atoms with van der Waals surface area (Å²) in [6.45, 7) is 2.03. The van der Waals surface area contributed by atoms with E-state index in [2.05, 4.69) is 0 Å². The average Bonchev–Trinajstić information content (AvgIpc) is 2.40. The molecule has 0 aliphatic heterocycles. The molecule has 0 radical (unpaired) electrons. The van der Waals surface area contributed by atoms with Crippen molar-refractivity contribution in [1.82, 2.24) is 0 Å². The van der Waals surface area contributed by atoms with E-state index in [0.717, 1.165) is 0 Å². The Morgan fingerprint density at radius 3 is 2.26 bits per heavy atom. The van der Waals surface area contributed by atoms with Crippen LogP contribution in [-0.4, -0.2) is 11.2 Å². The van der Waals surface area contributed by atoms with Crippen molar-refractivity contribution in [2.24, 2.45) is 0 Å². The number of ether oxygens (including phenoxy) is 1. The van der Waals surface area contributed by atoms with Gasteiger partial charge in [-0.05, 0) is 24.3 Å². The number of hydrogen-bond donors (Lipinski definition) is 0. The van der Waals surface area contributed by atoms with Crippen molar-refractivity contribution in [3.05, 3.63) is 60.7 Å². The van der Waals surface area contributed by atoms with E-state index in [1.807, 2.05) is 55.5 Å². The summed E-state index contributed by atoms with van der Waals surface area (Å²) in [4.78, 5) is 12.9. The minimum Gasteiger partial charge on any atom is -0.427 e. The number of rotatable bonds is 5. The van der Waals surface area contributed by atoms with Gasteiger partial charge < -0.3 is 4.74 Å². The largest absolute Gasteiger partial charge is 0.427 e. The summed E-state index contributed by atoms with van der Waals surface area (Å²) in [5, 5.41) is 0.193. The molecule has 0 aromatic heterocycles. The fraction of sp³-hybridized carbons (Fsp3) is 0.188. The van der Waals surface area contributed by atoms with Crippen molar-refractivity contribution in [2.75, 3.05) is 0 Å². The van der Waals surface area contributed by atoms with E-state index in [4.69, 9.17) is 4.74 Å². The molecule has 0 amide bonds. The molecule has 0 aliphatic rings. The molecule has 2 aromatic carbocycles. The predicted molar refractivity (Wildman–Crippen MR) is 78.5 cm³/mol. The number of esters is 1. The van der Waals surface area contributed by atoms with Gasteiger partial charge in [-0.2, -0.15) is 0 Å². The normalized spacial score (nSPS) is 11.8. The van der Waals surface area contributed by atoms with Gasteiger partial charge in [0.25, 0.3) is 0 Å². The second-order valence-corrected chi connectivity index (χ2v) is 5.74. The second kappa shape index (κ2) is 7.00. The fourth-order valence-corrected chi connectivity index (χ4v) is 2.67. The summed E-state index contributed by atoms with van der Waals surface area (Å²) in [5.74, 6) is 0.409. The number of carbonyl (C=O) groups excluding carboxylic acids is 1. The first-order valence-electron chi connectivity index (χ1n) is 6.21. The van der Waals surface area contributed by atoms with Crippen molar-refractivity contribution >= 4 is 17.7 Å². The highest BCUT2D eigenvalue weighted by molar-refractivity contribution is 8.00. The molecule has 0 spiro atoms. The van der Waals surface area contributed by atoms with E-state index < -0.39 is 0 Å². The van der Waals surface area contributed by atoms with Crippen molar-refractivity contribution < 1.29 is 9.53 Å². The summed E-state index contributed by atoms with van der Waals surface area (Å²) in [5.41, 5.74) is 0. The second-order valence-electron chi connectivity index (χ2n) is 4.23. The standard InChI is InChI=1S/C16H16O2S/c1-13(19-15-10-6-3-7-11-15)12-16(17)18-14-8-4-2-5-9-14/h2-11,13H,12H2,1H3. The number of thioether (sulfide) groups is 1. The zero-order chi connectivity index (χ0) is 13.5. The number of para-hydroxylation sites is 1. The Morgan fingerprint density at radius 1 is 1.05 bits per heavy atom. The number of carbonyl (C=O) groups is 1. The van der Waals surface area contributed by atoms with Crippen LogP contribution >= 0.6 is 11.8 Å². The van der Waals surface area contributed by atoms with Gasteiger partial charge in [0.1, 0.15) is 5.75 Å². The van der Waals surface area contributed by atoms with Gasteiger partial charge in [0.15, 0.2) is 0 Å². The van der Waals surface area contributed by atoms with Crippen molar-refractivity contribution in [3.8, 4) is 5.75 Å². The molecule has 0 saturated carbocycles. The molecule has 2 nitrogen and oxygen atoms in total. The van der Waals surface area contributed by atoms with Gasteiger partial charge >= 0.3 is 5.97 Å². The number of hydrogen-bond acceptors (Lipinski definition) is 3. The van der Waals surface area contributed by atoms with Crippen LogP contribution in [0.5, 0.6) is 5.75 Å². The fourth-order valence-electron chi connectivity index (χ4n) is 1.67. The highest BCUT2D eigenvalue weighted by Crippen LogP contribution is 2.25. The molecule has 0 aliphatic carbocycles. The molecule has 19 heavy (non-hydrogen) atoms. The zero-order valence-corrected chi connectivity index (χ0v) is 11.6. The van der Waals surface area contributed by atoms with E-state index >= 15 is 0 Å². The van der Waals surface area contributed by atoms with Crippen LogP contribution in [0.15, 0.2) is 65.6 Å². The Morgan fingerprint density at radius 2 is 1.63 bits per heavy atom. The first kappa shape index (κ1) is 13.7. The summed E-state index contributed by atoms with van der Waals surface area (Å²) >= 11 is 1.68. The van der Waals surface area contributed by atoms with E-state index in [-0.39, 0.29) is 11.2 Å². The molecule has 0 heterocycles. The third-order valence-electron chi connectivity index (χ3n) is 2.51. The molecular weight excluding hydrogens is 256 g/mol. The lowest BCUT2D eigenvalue weighted by atomic mass is 10.3. The zero-order valence-electron chi connectivity index (χ0n) is 10.8. The van der Waals surface area contributed by atoms with E-state index in [0.29, 0.717) is 12.2 Å². The highest BCUT2D eigenvalue weighted by Gasteiger charge is 2.12. The predicted octanol–water partition coefficient (Wildman–Crippen LogP) is 4.16. The number of benzene rings is 2. The summed E-state index contributed by atoms with van der Waals surface area (Å²) < 4.78 is 5.27. The highest BCUT2D eigenvalue weighted by atomic mass is 32.2. The molecule has 0 saturated heterocycles. The van der Waals surface area contributed by atoms with Gasteiger partial charge in [-0.25, -0.2) is 0 Å². The Bertz CT molecular complexity index is 511. The van der Waals surface area contributed by atoms with Crippen LogP contribution in [-0.2, 0) is 4.79 Å². The van der Waals surface area contributed by atoms with E-state index in [1.165, 1.54) is 4.90 Å². The molecule has 0 N–H and O–H groups in total. The Hall–Kier alpha value is -1.74. The van der Waals surface area contributed by atoms with Gasteiger partial charge in [0.05, 0.1) is 6.42 Å². The van der Waals surface area contributed by atoms with Gasteiger partial charge in [-0.3, -0.25) is 4.79 Å². The van der Waals surface area contributed by atoms with Gasteiger partial charge in [0, 0.05) is 10.1 Å². The summed E-state index contributed by atoms with van der Waals surface area (Å²) in [6, 6.07) is 19.2. The van der Waals surface area contributed by atoms with Crippen LogP contribution in [0.4, 0.5) is 0 Å². The Balaban J connectivity index is 1.82. The molecule has 2 aromatic rings. The first-order chi connectivity index (χ1) is 9.24. The Labute approximate surface area is 117 Å². The third-order valence-corrected chi connectivity index (χ3v) is 3.62. The first-order valence-corrected chi connectivity index (χ1v) is 7.09. The summed E-state index contributed by atoms with van der Waals surface area (Å²) in [6.07, 6.45) is 0.397. The van der Waals surface area contributed by atoms with Crippen LogP contribution in [0.3, 0.4) is 0 Å². The maximum Gasteiger partial charge on any atom is 0.312 e. The average molecular weight is 272 g/mol. The lowest BCUT2D eigenvalue weighted by molar-refractivity contribution is -0.134. The third kappa shape index (κ3) is 4.79. The SMILES string of the molecule is CC(CC(=O)Oc1ccccc1)Sc1ccccc1. The van der Waals surface area contributed by atoms with Gasteiger partial charge in [-0.1, -0.05) is 43.3 Å². The minimum atomic E-state index is -0.192. The molecule has 2 rings (SSSR count). The van der Waals surface area contributed by atoms with Crippen molar-refractivity contribution in [2.45, 2.75) is 23.5 Å². The van der Waals surface area contributed by atoms with Gasteiger partial charge in [-0.15, -0.1) is 11.8 Å². The van der Waals surface area contributed by atoms with E-state index in [1.54, 1.807) is 23.9 Å². The van der Waals surface area contributed by atoms with Crippen LogP contribution in [0.2, 0.25) is 0 Å². The maximum absolute atomic E-state index is 11.8. The van der Waals surface area contributed by atoms with Crippen LogP contribution in [0.25, 0.3) is 0 Å². The monoisotopic (exact) mass is 272 g/mol. The lowest BCUT2D eigenvalue weighted by Crippen LogP contribution is -2.13. The molecule has 3 heteroatoms. The molecule has 1 atom stereocenters. The van der Waals surface area contributed by atoms with Crippen LogP contribution < -0.4 is 4.74 Å². The maximum atomic E-state index is 11.8. The molecule has 0 fully saturated rings.